The topological polar surface area (TPSA) is 19.7 Å². The van der Waals surface area contributed by atoms with Gasteiger partial charge in [0.25, 0.3) is 0 Å². The number of aryl methyl sites for hydroxylation is 2. The van der Waals surface area contributed by atoms with Gasteiger partial charge in [0.15, 0.2) is 0 Å². The van der Waals surface area contributed by atoms with Gasteiger partial charge in [-0.25, -0.2) is 0 Å². The fourth-order valence-corrected chi connectivity index (χ4v) is 18.9. The van der Waals surface area contributed by atoms with Gasteiger partial charge in [-0.15, -0.1) is 22.7 Å². The van der Waals surface area contributed by atoms with Crippen LogP contribution in [-0.4, -0.2) is 18.3 Å². The van der Waals surface area contributed by atoms with E-state index in [0.717, 1.165) is 13.1 Å². The van der Waals surface area contributed by atoms with Gasteiger partial charge in [0.2, 0.25) is 0 Å². The predicted octanol–water partition coefficient (Wildman–Crippen LogP) is 25.2. The third kappa shape index (κ3) is 7.78. The van der Waals surface area contributed by atoms with Crippen LogP contribution in [0.25, 0.3) is 195 Å². The standard InChI is InChI=1S/C88H58N4S2/c1-3-89-77-41-35-53(47-73(77)75-51-55(37-43-79(75)89)61-25-15-29-67-69-31-17-27-63(87(69)93-85(61)67)57-39-45-83-71(49-57)65-23-11-13-33-81(65)91(83)59-19-7-5-8-20-59)54-36-42-78-74(48-54)76-52-56(38-44-80(76)90(78)4-2)62-26-16-30-68-70-32-18-28-64(88(70)94-86(62)68)58-40-46-84-72(50-58)66-24-12-14-34-82(66)92(84)60-21-9-6-10-22-60/h5-52H,3-4H2,1-2H3. The molecule has 0 atom stereocenters. The first-order chi connectivity index (χ1) is 46.5. The van der Waals surface area contributed by atoms with E-state index in [0.29, 0.717) is 0 Å². The molecule has 0 saturated carbocycles. The Morgan fingerprint density at radius 2 is 0.468 bits per heavy atom. The van der Waals surface area contributed by atoms with Crippen molar-refractivity contribution in [2.75, 3.05) is 0 Å². The highest BCUT2D eigenvalue weighted by atomic mass is 32.1. The largest absolute Gasteiger partial charge is 0.341 e. The maximum absolute atomic E-state index is 2.49. The first kappa shape index (κ1) is 53.4. The van der Waals surface area contributed by atoms with Crippen molar-refractivity contribution in [3.63, 3.8) is 0 Å². The van der Waals surface area contributed by atoms with Crippen LogP contribution in [0.2, 0.25) is 0 Å². The molecular formula is C88H58N4S2. The van der Waals surface area contributed by atoms with Crippen molar-refractivity contribution in [2.45, 2.75) is 26.9 Å². The van der Waals surface area contributed by atoms with Crippen LogP contribution in [0.3, 0.4) is 0 Å². The number of rotatable bonds is 9. The van der Waals surface area contributed by atoms with Crippen LogP contribution in [0.1, 0.15) is 13.8 Å². The summed E-state index contributed by atoms with van der Waals surface area (Å²) in [5, 5.41) is 15.4. The molecule has 0 amide bonds. The normalized spacial score (nSPS) is 12.2. The van der Waals surface area contributed by atoms with Gasteiger partial charge in [-0.1, -0.05) is 182 Å². The Labute approximate surface area is 549 Å². The van der Waals surface area contributed by atoms with Gasteiger partial charge in [-0.2, -0.15) is 0 Å². The molecule has 0 spiro atoms. The zero-order chi connectivity index (χ0) is 61.9. The zero-order valence-electron chi connectivity index (χ0n) is 51.7. The van der Waals surface area contributed by atoms with Crippen molar-refractivity contribution in [1.29, 1.82) is 0 Å². The summed E-state index contributed by atoms with van der Waals surface area (Å²) in [6, 6.07) is 109. The molecule has 0 aliphatic rings. The monoisotopic (exact) mass is 1230 g/mol. The van der Waals surface area contributed by atoms with Crippen molar-refractivity contribution in [3.8, 4) is 67.0 Å². The van der Waals surface area contributed by atoms with Crippen molar-refractivity contribution in [3.05, 3.63) is 291 Å². The quantitative estimate of drug-likeness (QED) is 0.137. The molecule has 6 heteroatoms. The molecule has 14 aromatic carbocycles. The average Bonchev–Trinajstić information content (AvgIpc) is 1.63. The molecule has 0 bridgehead atoms. The number of benzene rings is 14. The van der Waals surface area contributed by atoms with Gasteiger partial charge >= 0.3 is 0 Å². The Morgan fingerprint density at radius 1 is 0.213 bits per heavy atom. The summed E-state index contributed by atoms with van der Waals surface area (Å²) < 4.78 is 15.0. The Bertz CT molecular complexity index is 6160. The molecule has 0 saturated heterocycles. The van der Waals surface area contributed by atoms with Gasteiger partial charge in [0.1, 0.15) is 0 Å². The summed E-state index contributed by atoms with van der Waals surface area (Å²) in [7, 11) is 0. The Kier molecular flexibility index (Phi) is 11.7. The van der Waals surface area contributed by atoms with Crippen LogP contribution in [0.4, 0.5) is 0 Å². The third-order valence-corrected chi connectivity index (χ3v) is 22.9. The van der Waals surface area contributed by atoms with Crippen molar-refractivity contribution >= 4 is 150 Å². The van der Waals surface area contributed by atoms with Crippen molar-refractivity contribution in [2.24, 2.45) is 0 Å². The van der Waals surface area contributed by atoms with Gasteiger partial charge in [0.05, 0.1) is 22.1 Å². The molecule has 6 aromatic heterocycles. The lowest BCUT2D eigenvalue weighted by Crippen LogP contribution is -1.93. The molecule has 442 valence electrons. The molecule has 0 unspecified atom stereocenters. The summed E-state index contributed by atoms with van der Waals surface area (Å²) >= 11 is 3.85. The van der Waals surface area contributed by atoms with Gasteiger partial charge < -0.3 is 18.3 Å². The van der Waals surface area contributed by atoms with Crippen molar-refractivity contribution < 1.29 is 0 Å². The van der Waals surface area contributed by atoms with Crippen molar-refractivity contribution in [1.82, 2.24) is 18.3 Å². The number of fused-ring (bicyclic) bond motifs is 18. The smallest absolute Gasteiger partial charge is 0.0541 e. The van der Waals surface area contributed by atoms with E-state index in [1.54, 1.807) is 0 Å². The fourth-order valence-electron chi connectivity index (χ4n) is 16.1. The number of thiophene rings is 2. The minimum Gasteiger partial charge on any atom is -0.341 e. The van der Waals surface area contributed by atoms with Gasteiger partial charge in [-0.05, 0) is 179 Å². The first-order valence-electron chi connectivity index (χ1n) is 32.7. The summed E-state index contributed by atoms with van der Waals surface area (Å²) in [5.74, 6) is 0. The Hall–Kier alpha value is -11.3. The number of nitrogens with zero attached hydrogens (tertiary/aromatic N) is 4. The SMILES string of the molecule is CCn1c2ccc(-c3ccc4c(c3)c3cc(-c5cccc6c5sc5c(-c7ccc8c(c7)c7ccccc7n8-c7ccccc7)cccc56)ccc3n4CC)cc2c2cc(-c3cccc4c3sc3c(-c5ccc6c(c5)c5ccccc5n6-c5ccccc5)cccc34)ccc21. The van der Waals surface area contributed by atoms with Crippen LogP contribution in [0, 0.1) is 0 Å². The van der Waals surface area contributed by atoms with E-state index in [9.17, 15) is 0 Å². The number of hydrogen-bond acceptors (Lipinski definition) is 2. The van der Waals surface area contributed by atoms with Gasteiger partial charge in [0, 0.05) is 130 Å². The number of para-hydroxylation sites is 4. The summed E-state index contributed by atoms with van der Waals surface area (Å²) in [6.07, 6.45) is 0. The third-order valence-electron chi connectivity index (χ3n) is 20.4. The summed E-state index contributed by atoms with van der Waals surface area (Å²) in [5.41, 5.74) is 24.7. The van der Waals surface area contributed by atoms with E-state index in [2.05, 4.69) is 323 Å². The molecule has 0 radical (unpaired) electrons. The lowest BCUT2D eigenvalue weighted by molar-refractivity contribution is 0.827. The van der Waals surface area contributed by atoms with Gasteiger partial charge in [-0.3, -0.25) is 0 Å². The van der Waals surface area contributed by atoms with Crippen LogP contribution < -0.4 is 0 Å². The highest BCUT2D eigenvalue weighted by Crippen LogP contribution is 2.49. The van der Waals surface area contributed by atoms with Crippen LogP contribution in [0.15, 0.2) is 291 Å². The second-order valence-corrected chi connectivity index (χ2v) is 27.2. The molecule has 20 rings (SSSR count). The van der Waals surface area contributed by atoms with Crippen LogP contribution >= 0.6 is 22.7 Å². The van der Waals surface area contributed by atoms with E-state index < -0.39 is 0 Å². The Balaban J connectivity index is 0.676. The highest BCUT2D eigenvalue weighted by molar-refractivity contribution is 7.27. The molecule has 0 fully saturated rings. The number of hydrogen-bond donors (Lipinski definition) is 0. The van der Waals surface area contributed by atoms with E-state index in [-0.39, 0.29) is 0 Å². The maximum Gasteiger partial charge on any atom is 0.0541 e. The second-order valence-electron chi connectivity index (χ2n) is 25.2. The highest BCUT2D eigenvalue weighted by Gasteiger charge is 2.22. The van der Waals surface area contributed by atoms with E-state index in [1.807, 2.05) is 22.7 Å². The molecule has 6 heterocycles. The second kappa shape index (κ2) is 20.6. The summed E-state index contributed by atoms with van der Waals surface area (Å²) in [6.45, 7) is 6.30. The molecule has 20 aromatic rings. The first-order valence-corrected chi connectivity index (χ1v) is 34.4. The maximum atomic E-state index is 2.49. The van der Waals surface area contributed by atoms with E-state index >= 15 is 0 Å². The van der Waals surface area contributed by atoms with E-state index in [4.69, 9.17) is 0 Å². The van der Waals surface area contributed by atoms with Crippen LogP contribution in [0.5, 0.6) is 0 Å². The lowest BCUT2D eigenvalue weighted by atomic mass is 9.97. The van der Waals surface area contributed by atoms with E-state index in [1.165, 1.54) is 195 Å². The minimum atomic E-state index is 0.881. The molecule has 4 nitrogen and oxygen atoms in total. The lowest BCUT2D eigenvalue weighted by Gasteiger charge is -2.08. The molecule has 0 aliphatic carbocycles. The fraction of sp³-hybridized carbons (Fsp3) is 0.0455. The number of aromatic nitrogens is 4. The zero-order valence-corrected chi connectivity index (χ0v) is 53.4. The minimum absolute atomic E-state index is 0.881. The molecule has 0 N–H and O–H groups in total. The molecule has 0 aliphatic heterocycles. The molecule has 94 heavy (non-hydrogen) atoms. The van der Waals surface area contributed by atoms with Crippen LogP contribution in [-0.2, 0) is 13.1 Å². The summed E-state index contributed by atoms with van der Waals surface area (Å²) in [4.78, 5) is 0. The Morgan fingerprint density at radius 3 is 0.798 bits per heavy atom. The molecular weight excluding hydrogens is 1180 g/mol. The predicted molar refractivity (Wildman–Crippen MR) is 405 cm³/mol. The average molecular weight is 1240 g/mol.